The average Bonchev–Trinajstić information content (AvgIpc) is 2.46. The fraction of sp³-hybridized carbons (Fsp3) is 0.231. The van der Waals surface area contributed by atoms with E-state index in [-0.39, 0.29) is 5.88 Å². The van der Waals surface area contributed by atoms with Crippen molar-refractivity contribution in [2.45, 2.75) is 6.10 Å². The molecule has 19 heavy (non-hydrogen) atoms. The zero-order chi connectivity index (χ0) is 13.8. The first kappa shape index (κ1) is 14.0. The van der Waals surface area contributed by atoms with Gasteiger partial charge in [0.1, 0.15) is 11.8 Å². The van der Waals surface area contributed by atoms with Crippen molar-refractivity contribution < 1.29 is 14.6 Å². The van der Waals surface area contributed by atoms with E-state index in [1.807, 2.05) is 24.3 Å². The topological polar surface area (TPSA) is 64.5 Å². The summed E-state index contributed by atoms with van der Waals surface area (Å²) in [5, 5.41) is 10.3. The molecule has 1 heterocycles. The Labute approximate surface area is 124 Å². The molecule has 1 aromatic heterocycles. The number of hydrogen-bond acceptors (Lipinski definition) is 5. The van der Waals surface area contributed by atoms with E-state index in [2.05, 4.69) is 32.6 Å². The van der Waals surface area contributed by atoms with Gasteiger partial charge in [0.05, 0.1) is 20.4 Å². The minimum absolute atomic E-state index is 0.255. The molecular formula is C13H13IN2O3. The van der Waals surface area contributed by atoms with Gasteiger partial charge in [-0.05, 0) is 40.3 Å². The lowest BCUT2D eigenvalue weighted by atomic mass is 10.1. The van der Waals surface area contributed by atoms with Gasteiger partial charge in [0.2, 0.25) is 11.8 Å². The number of aromatic nitrogens is 2. The summed E-state index contributed by atoms with van der Waals surface area (Å²) in [5.74, 6) is 0.598. The van der Waals surface area contributed by atoms with Gasteiger partial charge in [-0.25, -0.2) is 4.98 Å². The van der Waals surface area contributed by atoms with Crippen molar-refractivity contribution in [1.29, 1.82) is 0 Å². The summed E-state index contributed by atoms with van der Waals surface area (Å²) in [6.45, 7) is 0. The maximum Gasteiger partial charge on any atom is 0.241 e. The van der Waals surface area contributed by atoms with E-state index in [0.29, 0.717) is 11.6 Å². The SMILES string of the molecule is COc1cnc(C(O)c2ccc(I)cc2)c(OC)n1. The van der Waals surface area contributed by atoms with Crippen LogP contribution in [0.25, 0.3) is 0 Å². The first-order valence-corrected chi connectivity index (χ1v) is 6.62. The third kappa shape index (κ3) is 3.13. The normalized spacial score (nSPS) is 12.0. The predicted molar refractivity (Wildman–Crippen MR) is 78.4 cm³/mol. The van der Waals surface area contributed by atoms with Crippen LogP contribution in [0.4, 0.5) is 0 Å². The lowest BCUT2D eigenvalue weighted by molar-refractivity contribution is 0.206. The van der Waals surface area contributed by atoms with Crippen LogP contribution >= 0.6 is 22.6 Å². The van der Waals surface area contributed by atoms with E-state index in [0.717, 1.165) is 9.13 Å². The van der Waals surface area contributed by atoms with E-state index < -0.39 is 6.10 Å². The number of rotatable bonds is 4. The van der Waals surface area contributed by atoms with Gasteiger partial charge in [0.15, 0.2) is 0 Å². The van der Waals surface area contributed by atoms with Crippen LogP contribution in [0, 0.1) is 3.57 Å². The van der Waals surface area contributed by atoms with Gasteiger partial charge >= 0.3 is 0 Å². The molecule has 0 saturated carbocycles. The quantitative estimate of drug-likeness (QED) is 0.834. The van der Waals surface area contributed by atoms with Gasteiger partial charge in [-0.15, -0.1) is 0 Å². The molecule has 0 amide bonds. The summed E-state index contributed by atoms with van der Waals surface area (Å²) in [6, 6.07) is 7.53. The highest BCUT2D eigenvalue weighted by Crippen LogP contribution is 2.28. The predicted octanol–water partition coefficient (Wildman–Crippen LogP) is 2.18. The number of aliphatic hydroxyl groups is 1. The largest absolute Gasteiger partial charge is 0.480 e. The Hall–Kier alpha value is -1.41. The number of aliphatic hydroxyl groups excluding tert-OH is 1. The molecule has 0 aliphatic heterocycles. The Morgan fingerprint density at radius 3 is 2.42 bits per heavy atom. The minimum atomic E-state index is -0.884. The number of nitrogens with zero attached hydrogens (tertiary/aromatic N) is 2. The Morgan fingerprint density at radius 2 is 1.84 bits per heavy atom. The molecule has 0 fully saturated rings. The maximum absolute atomic E-state index is 10.3. The number of methoxy groups -OCH3 is 2. The van der Waals surface area contributed by atoms with Crippen molar-refractivity contribution in [2.24, 2.45) is 0 Å². The van der Waals surface area contributed by atoms with Gasteiger partial charge in [0.25, 0.3) is 0 Å². The minimum Gasteiger partial charge on any atom is -0.480 e. The lowest BCUT2D eigenvalue weighted by Crippen LogP contribution is -2.07. The molecular weight excluding hydrogens is 359 g/mol. The molecule has 0 bridgehead atoms. The first-order chi connectivity index (χ1) is 9.15. The molecule has 0 spiro atoms. The van der Waals surface area contributed by atoms with Crippen LogP contribution < -0.4 is 9.47 Å². The lowest BCUT2D eigenvalue weighted by Gasteiger charge is -2.13. The Kier molecular flexibility index (Phi) is 4.54. The van der Waals surface area contributed by atoms with Gasteiger partial charge in [0, 0.05) is 3.57 Å². The van der Waals surface area contributed by atoms with Crippen molar-refractivity contribution in [3.63, 3.8) is 0 Å². The summed E-state index contributed by atoms with van der Waals surface area (Å²) in [6.07, 6.45) is 0.568. The molecule has 100 valence electrons. The van der Waals surface area contributed by atoms with Crippen LogP contribution in [0.15, 0.2) is 30.5 Å². The standard InChI is InChI=1S/C13H13IN2O3/c1-18-10-7-15-11(13(16-10)19-2)12(17)8-3-5-9(14)6-4-8/h3-7,12,17H,1-2H3. The number of benzene rings is 1. The Morgan fingerprint density at radius 1 is 1.16 bits per heavy atom. The van der Waals surface area contributed by atoms with Crippen LogP contribution in [0.3, 0.4) is 0 Å². The van der Waals surface area contributed by atoms with Crippen LogP contribution in [0.2, 0.25) is 0 Å². The van der Waals surface area contributed by atoms with Gasteiger partial charge in [-0.1, -0.05) is 12.1 Å². The van der Waals surface area contributed by atoms with Gasteiger partial charge < -0.3 is 14.6 Å². The second-order valence-electron chi connectivity index (χ2n) is 3.76. The Balaban J connectivity index is 2.37. The molecule has 0 radical (unpaired) electrons. The molecule has 1 aromatic carbocycles. The molecule has 2 aromatic rings. The van der Waals surface area contributed by atoms with Crippen molar-refractivity contribution in [1.82, 2.24) is 9.97 Å². The molecule has 1 atom stereocenters. The van der Waals surface area contributed by atoms with Crippen molar-refractivity contribution in [3.05, 3.63) is 45.3 Å². The highest BCUT2D eigenvalue weighted by Gasteiger charge is 2.19. The molecule has 0 aliphatic rings. The highest BCUT2D eigenvalue weighted by atomic mass is 127. The van der Waals surface area contributed by atoms with Crippen LogP contribution in [0.5, 0.6) is 11.8 Å². The summed E-state index contributed by atoms with van der Waals surface area (Å²) >= 11 is 2.21. The maximum atomic E-state index is 10.3. The number of ether oxygens (including phenoxy) is 2. The molecule has 6 heteroatoms. The summed E-state index contributed by atoms with van der Waals surface area (Å²) < 4.78 is 11.2. The van der Waals surface area contributed by atoms with Crippen molar-refractivity contribution in [3.8, 4) is 11.8 Å². The van der Waals surface area contributed by atoms with E-state index in [1.165, 1.54) is 20.4 Å². The highest BCUT2D eigenvalue weighted by molar-refractivity contribution is 14.1. The third-order valence-electron chi connectivity index (χ3n) is 2.59. The first-order valence-electron chi connectivity index (χ1n) is 5.54. The summed E-state index contributed by atoms with van der Waals surface area (Å²) in [4.78, 5) is 8.26. The molecule has 1 unspecified atom stereocenters. The molecule has 0 aliphatic carbocycles. The molecule has 0 saturated heterocycles. The number of hydrogen-bond donors (Lipinski definition) is 1. The van der Waals surface area contributed by atoms with Gasteiger partial charge in [-0.3, -0.25) is 0 Å². The number of halogens is 1. The Bertz CT molecular complexity index is 560. The van der Waals surface area contributed by atoms with Crippen LogP contribution in [-0.4, -0.2) is 29.3 Å². The smallest absolute Gasteiger partial charge is 0.241 e. The van der Waals surface area contributed by atoms with E-state index >= 15 is 0 Å². The molecule has 2 rings (SSSR count). The summed E-state index contributed by atoms with van der Waals surface area (Å²) in [7, 11) is 2.98. The van der Waals surface area contributed by atoms with Gasteiger partial charge in [-0.2, -0.15) is 4.98 Å². The summed E-state index contributed by atoms with van der Waals surface area (Å²) in [5.41, 5.74) is 1.10. The fourth-order valence-corrected chi connectivity index (χ4v) is 1.96. The van der Waals surface area contributed by atoms with Crippen LogP contribution in [0.1, 0.15) is 17.4 Å². The van der Waals surface area contributed by atoms with E-state index in [4.69, 9.17) is 9.47 Å². The fourth-order valence-electron chi connectivity index (χ4n) is 1.61. The van der Waals surface area contributed by atoms with Crippen molar-refractivity contribution >= 4 is 22.6 Å². The van der Waals surface area contributed by atoms with E-state index in [9.17, 15) is 5.11 Å². The molecule has 1 N–H and O–H groups in total. The molecule has 5 nitrogen and oxygen atoms in total. The zero-order valence-electron chi connectivity index (χ0n) is 10.5. The van der Waals surface area contributed by atoms with E-state index in [1.54, 1.807) is 0 Å². The average molecular weight is 372 g/mol. The van der Waals surface area contributed by atoms with Crippen LogP contribution in [-0.2, 0) is 0 Å². The second kappa shape index (κ2) is 6.16. The second-order valence-corrected chi connectivity index (χ2v) is 5.01. The van der Waals surface area contributed by atoms with Crippen molar-refractivity contribution in [2.75, 3.05) is 14.2 Å². The monoisotopic (exact) mass is 372 g/mol. The third-order valence-corrected chi connectivity index (χ3v) is 3.31. The zero-order valence-corrected chi connectivity index (χ0v) is 12.7.